The second-order valence-corrected chi connectivity index (χ2v) is 7.07. The van der Waals surface area contributed by atoms with E-state index >= 15 is 0 Å². The van der Waals surface area contributed by atoms with Crippen LogP contribution in [0.4, 0.5) is 0 Å². The normalized spacial score (nSPS) is 11.3. The number of hydrogen-bond donors (Lipinski definition) is 1. The van der Waals surface area contributed by atoms with E-state index in [2.05, 4.69) is 16.5 Å². The van der Waals surface area contributed by atoms with Crippen molar-refractivity contribution in [1.82, 2.24) is 4.83 Å². The molecule has 0 aromatic heterocycles. The minimum absolute atomic E-state index is 0.156. The van der Waals surface area contributed by atoms with E-state index in [-0.39, 0.29) is 4.90 Å². The number of aryl methyl sites for hydroxylation is 1. The van der Waals surface area contributed by atoms with E-state index in [0.717, 1.165) is 5.56 Å². The van der Waals surface area contributed by atoms with Gasteiger partial charge in [-0.1, -0.05) is 30.4 Å². The Morgan fingerprint density at radius 1 is 1.12 bits per heavy atom. The van der Waals surface area contributed by atoms with Crippen LogP contribution in [0.5, 0.6) is 11.5 Å². The average molecular weight is 374 g/mol. The third-order valence-electron chi connectivity index (χ3n) is 3.34. The second kappa shape index (κ2) is 9.05. The second-order valence-electron chi connectivity index (χ2n) is 5.40. The molecule has 0 saturated carbocycles. The van der Waals surface area contributed by atoms with E-state index in [1.54, 1.807) is 36.4 Å². The van der Waals surface area contributed by atoms with Crippen molar-refractivity contribution >= 4 is 16.2 Å². The predicted octanol–water partition coefficient (Wildman–Crippen LogP) is 3.27. The summed E-state index contributed by atoms with van der Waals surface area (Å²) in [6.45, 7) is 8.21. The summed E-state index contributed by atoms with van der Waals surface area (Å²) in [6.07, 6.45) is 3.05. The van der Waals surface area contributed by atoms with Gasteiger partial charge in [-0.15, -0.1) is 0 Å². The molecule has 138 valence electrons. The van der Waals surface area contributed by atoms with E-state index < -0.39 is 10.0 Å². The van der Waals surface area contributed by atoms with Crippen molar-refractivity contribution in [3.05, 3.63) is 66.2 Å². The standard InChI is InChI=1S/C19H22N2O4S/c1-4-12-25-18-11-8-16(13-19(18)24-5-2)14-20-21-26(22,23)17-9-6-15(3)7-10-17/h4,6-11,13-14,21H,1,5,12H2,2-3H3. The van der Waals surface area contributed by atoms with Crippen LogP contribution in [-0.2, 0) is 10.0 Å². The number of nitrogens with zero attached hydrogens (tertiary/aromatic N) is 1. The molecule has 0 heterocycles. The predicted molar refractivity (Wildman–Crippen MR) is 102 cm³/mol. The van der Waals surface area contributed by atoms with Crippen molar-refractivity contribution in [2.75, 3.05) is 13.2 Å². The summed E-state index contributed by atoms with van der Waals surface area (Å²) < 4.78 is 35.5. The molecule has 0 unspecified atom stereocenters. The number of rotatable bonds is 9. The van der Waals surface area contributed by atoms with Crippen molar-refractivity contribution < 1.29 is 17.9 Å². The number of ether oxygens (including phenoxy) is 2. The maximum Gasteiger partial charge on any atom is 0.276 e. The molecule has 0 aliphatic heterocycles. The zero-order chi connectivity index (χ0) is 19.0. The van der Waals surface area contributed by atoms with Crippen LogP contribution in [0.2, 0.25) is 0 Å². The van der Waals surface area contributed by atoms with Crippen LogP contribution in [0.15, 0.2) is 65.1 Å². The maximum atomic E-state index is 12.2. The lowest BCUT2D eigenvalue weighted by atomic mass is 10.2. The lowest BCUT2D eigenvalue weighted by molar-refractivity contribution is 0.297. The highest BCUT2D eigenvalue weighted by atomic mass is 32.2. The van der Waals surface area contributed by atoms with Gasteiger partial charge in [-0.2, -0.15) is 13.5 Å². The van der Waals surface area contributed by atoms with Gasteiger partial charge in [0.05, 0.1) is 17.7 Å². The van der Waals surface area contributed by atoms with Crippen molar-refractivity contribution in [1.29, 1.82) is 0 Å². The highest BCUT2D eigenvalue weighted by molar-refractivity contribution is 7.89. The molecule has 0 bridgehead atoms. The fourth-order valence-corrected chi connectivity index (χ4v) is 2.87. The first-order valence-corrected chi connectivity index (χ1v) is 9.56. The Labute approximate surface area is 154 Å². The van der Waals surface area contributed by atoms with Gasteiger partial charge in [0, 0.05) is 0 Å². The van der Waals surface area contributed by atoms with Gasteiger partial charge >= 0.3 is 0 Å². The van der Waals surface area contributed by atoms with Crippen LogP contribution >= 0.6 is 0 Å². The number of nitrogens with one attached hydrogen (secondary N) is 1. The van der Waals surface area contributed by atoms with E-state index in [9.17, 15) is 8.42 Å². The molecule has 2 aromatic rings. The van der Waals surface area contributed by atoms with Gasteiger partial charge in [-0.05, 0) is 49.7 Å². The highest BCUT2D eigenvalue weighted by Crippen LogP contribution is 2.28. The molecule has 1 N–H and O–H groups in total. The fraction of sp³-hybridized carbons (Fsp3) is 0.211. The Morgan fingerprint density at radius 2 is 1.85 bits per heavy atom. The summed E-state index contributed by atoms with van der Waals surface area (Å²) in [7, 11) is -3.70. The minimum atomic E-state index is -3.70. The van der Waals surface area contributed by atoms with Gasteiger partial charge < -0.3 is 9.47 Å². The molecule has 0 spiro atoms. The van der Waals surface area contributed by atoms with Crippen LogP contribution < -0.4 is 14.3 Å². The van der Waals surface area contributed by atoms with Crippen molar-refractivity contribution in [2.45, 2.75) is 18.7 Å². The van der Waals surface area contributed by atoms with Crippen LogP contribution in [0.3, 0.4) is 0 Å². The fourth-order valence-electron chi connectivity index (χ4n) is 2.08. The van der Waals surface area contributed by atoms with Gasteiger partial charge in [0.2, 0.25) is 0 Å². The first kappa shape index (κ1) is 19.5. The van der Waals surface area contributed by atoms with Gasteiger partial charge in [-0.25, -0.2) is 4.83 Å². The minimum Gasteiger partial charge on any atom is -0.490 e. The lowest BCUT2D eigenvalue weighted by Crippen LogP contribution is -2.18. The largest absolute Gasteiger partial charge is 0.490 e. The molecule has 7 heteroatoms. The molecule has 0 aliphatic carbocycles. The Morgan fingerprint density at radius 3 is 2.50 bits per heavy atom. The van der Waals surface area contributed by atoms with Crippen molar-refractivity contribution in [3.63, 3.8) is 0 Å². The monoisotopic (exact) mass is 374 g/mol. The van der Waals surface area contributed by atoms with Crippen LogP contribution in [0.25, 0.3) is 0 Å². The molecule has 0 fully saturated rings. The van der Waals surface area contributed by atoms with Crippen LogP contribution in [0.1, 0.15) is 18.1 Å². The smallest absolute Gasteiger partial charge is 0.276 e. The van der Waals surface area contributed by atoms with Gasteiger partial charge in [-0.3, -0.25) is 0 Å². The first-order chi connectivity index (χ1) is 12.5. The van der Waals surface area contributed by atoms with E-state index in [4.69, 9.17) is 9.47 Å². The molecular weight excluding hydrogens is 352 g/mol. The average Bonchev–Trinajstić information content (AvgIpc) is 2.61. The molecule has 0 radical (unpaired) electrons. The molecule has 0 atom stereocenters. The van der Waals surface area contributed by atoms with Crippen LogP contribution in [0, 0.1) is 6.92 Å². The van der Waals surface area contributed by atoms with E-state index in [1.165, 1.54) is 18.3 Å². The first-order valence-electron chi connectivity index (χ1n) is 8.08. The molecule has 26 heavy (non-hydrogen) atoms. The molecule has 2 rings (SSSR count). The zero-order valence-corrected chi connectivity index (χ0v) is 15.6. The van der Waals surface area contributed by atoms with E-state index in [1.807, 2.05) is 13.8 Å². The van der Waals surface area contributed by atoms with Crippen molar-refractivity contribution in [2.24, 2.45) is 5.10 Å². The number of hydrogen-bond acceptors (Lipinski definition) is 5. The Kier molecular flexibility index (Phi) is 6.80. The zero-order valence-electron chi connectivity index (χ0n) is 14.8. The summed E-state index contributed by atoms with van der Waals surface area (Å²) in [4.78, 5) is 2.36. The summed E-state index contributed by atoms with van der Waals surface area (Å²) in [6, 6.07) is 11.8. The van der Waals surface area contributed by atoms with E-state index in [0.29, 0.717) is 30.3 Å². The number of hydrazone groups is 1. The Balaban J connectivity index is 2.12. The Bertz CT molecular complexity index is 875. The summed E-state index contributed by atoms with van der Waals surface area (Å²) in [5.41, 5.74) is 1.65. The Hall–Kier alpha value is -2.80. The molecule has 6 nitrogen and oxygen atoms in total. The third kappa shape index (κ3) is 5.35. The molecule has 2 aromatic carbocycles. The van der Waals surface area contributed by atoms with Gasteiger partial charge in [0.25, 0.3) is 10.0 Å². The number of sulfonamides is 1. The van der Waals surface area contributed by atoms with Crippen LogP contribution in [-0.4, -0.2) is 27.8 Å². The highest BCUT2D eigenvalue weighted by Gasteiger charge is 2.12. The van der Waals surface area contributed by atoms with Gasteiger partial charge in [0.15, 0.2) is 11.5 Å². The summed E-state index contributed by atoms with van der Waals surface area (Å²) in [5.74, 6) is 1.14. The molecular formula is C19H22N2O4S. The maximum absolute atomic E-state index is 12.2. The summed E-state index contributed by atoms with van der Waals surface area (Å²) >= 11 is 0. The van der Waals surface area contributed by atoms with Crippen molar-refractivity contribution in [3.8, 4) is 11.5 Å². The molecule has 0 saturated heterocycles. The quantitative estimate of drug-likeness (QED) is 0.415. The SMILES string of the molecule is C=CCOc1ccc(C=NNS(=O)(=O)c2ccc(C)cc2)cc1OCC. The summed E-state index contributed by atoms with van der Waals surface area (Å²) in [5, 5.41) is 3.83. The topological polar surface area (TPSA) is 77.0 Å². The third-order valence-corrected chi connectivity index (χ3v) is 4.58. The molecule has 0 amide bonds. The van der Waals surface area contributed by atoms with Gasteiger partial charge in [0.1, 0.15) is 6.61 Å². The lowest BCUT2D eigenvalue weighted by Gasteiger charge is -2.11. The molecule has 0 aliphatic rings. The number of benzene rings is 2.